The summed E-state index contributed by atoms with van der Waals surface area (Å²) in [7, 11) is 5.58. The van der Waals surface area contributed by atoms with Crippen molar-refractivity contribution in [2.75, 3.05) is 0 Å². The van der Waals surface area contributed by atoms with Gasteiger partial charge in [0, 0.05) is 5.56 Å². The molecule has 0 fully saturated rings. The number of hydrogen-bond acceptors (Lipinski definition) is 3. The van der Waals surface area contributed by atoms with Gasteiger partial charge in [0.15, 0.2) is 0 Å². The zero-order valence-electron chi connectivity index (χ0n) is 6.23. The summed E-state index contributed by atoms with van der Waals surface area (Å²) in [5.41, 5.74) is 1.56. The number of hydrogen-bond donors (Lipinski definition) is 1. The highest BCUT2D eigenvalue weighted by Gasteiger charge is 1.98. The molecule has 0 aliphatic heterocycles. The molecule has 0 atom stereocenters. The molecule has 57 valence electrons. The molecule has 0 amide bonds. The number of nitrogens with zero attached hydrogens (tertiary/aromatic N) is 3. The Balaban J connectivity index is 2.48. The van der Waals surface area contributed by atoms with Gasteiger partial charge in [0.25, 0.3) is 0 Å². The van der Waals surface area contributed by atoms with E-state index >= 15 is 0 Å². The summed E-state index contributed by atoms with van der Waals surface area (Å²) < 4.78 is 0. The fourth-order valence-electron chi connectivity index (χ4n) is 0.962. The molecule has 3 radical (unpaired) electrons. The van der Waals surface area contributed by atoms with Crippen molar-refractivity contribution in [2.24, 2.45) is 0 Å². The van der Waals surface area contributed by atoms with E-state index in [0.717, 1.165) is 5.56 Å². The highest BCUT2D eigenvalue weighted by molar-refractivity contribution is 6.32. The molecule has 4 nitrogen and oxygen atoms in total. The van der Waals surface area contributed by atoms with Gasteiger partial charge in [-0.25, -0.2) is 0 Å². The van der Waals surface area contributed by atoms with E-state index in [4.69, 9.17) is 7.85 Å². The predicted octanol–water partition coefficient (Wildman–Crippen LogP) is -0.340. The van der Waals surface area contributed by atoms with Crippen LogP contribution in [0, 0.1) is 0 Å². The molecule has 2 aromatic rings. The molecule has 0 bridgehead atoms. The summed E-state index contributed by atoms with van der Waals surface area (Å²) in [6.07, 6.45) is 0. The number of benzene rings is 1. The van der Waals surface area contributed by atoms with Gasteiger partial charge >= 0.3 is 0 Å². The minimum Gasteiger partial charge on any atom is -0.580 e. The molecule has 1 aromatic heterocycles. The van der Waals surface area contributed by atoms with Crippen molar-refractivity contribution in [1.29, 1.82) is 0 Å². The van der Waals surface area contributed by atoms with Crippen LogP contribution >= 0.6 is 0 Å². The molecule has 1 aromatic carbocycles. The van der Waals surface area contributed by atoms with E-state index in [-0.39, 0.29) is 0 Å². The molecule has 1 N–H and O–H groups in total. The minimum atomic E-state index is 0.558. The summed E-state index contributed by atoms with van der Waals surface area (Å²) in [5, 5.41) is 13.5. The Bertz CT molecular complexity index is 371. The third-order valence-electron chi connectivity index (χ3n) is 1.49. The Morgan fingerprint density at radius 1 is 1.33 bits per heavy atom. The van der Waals surface area contributed by atoms with Gasteiger partial charge < -0.3 is 13.3 Å². The van der Waals surface area contributed by atoms with Crippen LogP contribution in [0.25, 0.3) is 11.4 Å². The molecule has 12 heavy (non-hydrogen) atoms. The van der Waals surface area contributed by atoms with Crippen LogP contribution in [-0.4, -0.2) is 28.5 Å². The van der Waals surface area contributed by atoms with Crippen LogP contribution in [-0.2, 0) is 0 Å². The van der Waals surface area contributed by atoms with Crippen molar-refractivity contribution in [3.8, 4) is 11.4 Å². The number of rotatable bonds is 1. The number of nitrogens with one attached hydrogen (secondary N) is 1. The van der Waals surface area contributed by atoms with E-state index in [9.17, 15) is 0 Å². The second kappa shape index (κ2) is 2.77. The first-order valence-electron chi connectivity index (χ1n) is 3.45. The predicted molar refractivity (Wildman–Crippen MR) is 45.0 cm³/mol. The Labute approximate surface area is 70.4 Å². The van der Waals surface area contributed by atoms with Crippen LogP contribution in [0.15, 0.2) is 24.3 Å². The Morgan fingerprint density at radius 3 is 2.92 bits per heavy atom. The molecule has 0 spiro atoms. The normalized spacial score (nSPS) is 10.1. The van der Waals surface area contributed by atoms with E-state index in [1.165, 1.54) is 0 Å². The third-order valence-corrected chi connectivity index (χ3v) is 1.49. The quantitative estimate of drug-likeness (QED) is 0.574. The monoisotopic (exact) mass is 156 g/mol. The van der Waals surface area contributed by atoms with Gasteiger partial charge in [0.2, 0.25) is 5.82 Å². The summed E-state index contributed by atoms with van der Waals surface area (Å²) in [6.45, 7) is 0. The van der Waals surface area contributed by atoms with Gasteiger partial charge in [-0.1, -0.05) is 18.2 Å². The number of aromatic amines is 1. The minimum absolute atomic E-state index is 0.558. The van der Waals surface area contributed by atoms with E-state index in [2.05, 4.69) is 20.6 Å². The van der Waals surface area contributed by atoms with E-state index in [1.807, 2.05) is 18.2 Å². The largest absolute Gasteiger partial charge is 0.580 e. The fourth-order valence-corrected chi connectivity index (χ4v) is 0.962. The second-order valence-corrected chi connectivity index (χ2v) is 2.36. The average Bonchev–Trinajstić information content (AvgIpc) is 2.56. The van der Waals surface area contributed by atoms with Crippen LogP contribution in [0.4, 0.5) is 0 Å². The van der Waals surface area contributed by atoms with Crippen LogP contribution < -0.4 is 5.46 Å². The SMILES string of the molecule is [B-]c1cccc(-c2nn[nH]n2)c1. The first-order chi connectivity index (χ1) is 5.86. The summed E-state index contributed by atoms with van der Waals surface area (Å²) in [4.78, 5) is 0. The highest BCUT2D eigenvalue weighted by Crippen LogP contribution is 2.09. The van der Waals surface area contributed by atoms with Crippen molar-refractivity contribution in [3.63, 3.8) is 0 Å². The van der Waals surface area contributed by atoms with Gasteiger partial charge in [-0.15, -0.1) is 16.3 Å². The number of aromatic nitrogens is 4. The van der Waals surface area contributed by atoms with Crippen LogP contribution in [0.5, 0.6) is 0 Å². The summed E-state index contributed by atoms with van der Waals surface area (Å²) >= 11 is 0. The van der Waals surface area contributed by atoms with Crippen LogP contribution in [0.2, 0.25) is 0 Å². The first kappa shape index (κ1) is 7.03. The van der Waals surface area contributed by atoms with Crippen LogP contribution in [0.1, 0.15) is 0 Å². The van der Waals surface area contributed by atoms with Gasteiger partial charge in [0.05, 0.1) is 0 Å². The molecular weight excluding hydrogens is 151 g/mol. The Morgan fingerprint density at radius 2 is 2.25 bits per heavy atom. The van der Waals surface area contributed by atoms with E-state index < -0.39 is 0 Å². The number of H-pyrrole nitrogens is 1. The lowest BCUT2D eigenvalue weighted by Crippen LogP contribution is -2.00. The van der Waals surface area contributed by atoms with Crippen LogP contribution in [0.3, 0.4) is 0 Å². The molecule has 5 heteroatoms. The molecule has 0 saturated carbocycles. The van der Waals surface area contributed by atoms with E-state index in [1.54, 1.807) is 6.07 Å². The zero-order valence-corrected chi connectivity index (χ0v) is 6.23. The lowest BCUT2D eigenvalue weighted by Gasteiger charge is -2.05. The van der Waals surface area contributed by atoms with Gasteiger partial charge in [-0.05, 0) is 5.21 Å². The highest BCUT2D eigenvalue weighted by atomic mass is 15.5. The fraction of sp³-hybridized carbons (Fsp3) is 0. The van der Waals surface area contributed by atoms with Gasteiger partial charge in [-0.2, -0.15) is 5.21 Å². The van der Waals surface area contributed by atoms with Gasteiger partial charge in [-0.3, -0.25) is 0 Å². The maximum atomic E-state index is 5.58. The van der Waals surface area contributed by atoms with Crippen molar-refractivity contribution in [1.82, 2.24) is 20.6 Å². The van der Waals surface area contributed by atoms with E-state index in [0.29, 0.717) is 11.3 Å². The summed E-state index contributed by atoms with van der Waals surface area (Å²) in [6, 6.07) is 7.33. The topological polar surface area (TPSA) is 54.5 Å². The number of tetrazole rings is 1. The lowest BCUT2D eigenvalue weighted by atomic mass is 9.94. The molecule has 0 saturated heterocycles. The molecule has 2 rings (SSSR count). The summed E-state index contributed by atoms with van der Waals surface area (Å²) in [5.74, 6) is 0.558. The zero-order chi connectivity index (χ0) is 8.39. The van der Waals surface area contributed by atoms with Crippen molar-refractivity contribution >= 4 is 13.3 Å². The smallest absolute Gasteiger partial charge is 0.204 e. The maximum absolute atomic E-state index is 5.58. The lowest BCUT2D eigenvalue weighted by molar-refractivity contribution is 0.881. The first-order valence-corrected chi connectivity index (χ1v) is 3.45. The average molecular weight is 156 g/mol. The standard InChI is InChI=1S/C7H5BN4/c8-6-3-1-2-5(4-6)7-9-11-12-10-7/h1-4H,(H,9,10,11,12)/q-1. The molecule has 0 aliphatic rings. The van der Waals surface area contributed by atoms with Gasteiger partial charge in [0.1, 0.15) is 0 Å². The van der Waals surface area contributed by atoms with Crippen molar-refractivity contribution in [2.45, 2.75) is 0 Å². The second-order valence-electron chi connectivity index (χ2n) is 2.36. The Hall–Kier alpha value is -1.65. The maximum Gasteiger partial charge on any atom is 0.204 e. The molecular formula is C7H5BN4-. The molecule has 1 heterocycles. The van der Waals surface area contributed by atoms with Crippen molar-refractivity contribution in [3.05, 3.63) is 24.3 Å². The molecule has 0 unspecified atom stereocenters. The van der Waals surface area contributed by atoms with Crippen molar-refractivity contribution < 1.29 is 0 Å². The Kier molecular flexibility index (Phi) is 1.62. The molecule has 0 aliphatic carbocycles. The third kappa shape index (κ3) is 1.21.